The minimum absolute atomic E-state index is 0.0961. The van der Waals surface area contributed by atoms with Gasteiger partial charge < -0.3 is 10.2 Å². The number of nitro benzene ring substituents is 1. The summed E-state index contributed by atoms with van der Waals surface area (Å²) in [5.41, 5.74) is 2.04. The van der Waals surface area contributed by atoms with Crippen molar-refractivity contribution < 1.29 is 9.72 Å². The molecule has 0 spiro atoms. The van der Waals surface area contributed by atoms with Crippen molar-refractivity contribution in [2.24, 2.45) is 0 Å². The lowest BCUT2D eigenvalue weighted by Crippen LogP contribution is -2.45. The maximum Gasteiger partial charge on any atom is 0.270 e. The fraction of sp³-hybridized carbons (Fsp3) is 0.350. The molecule has 1 fully saturated rings. The topological polar surface area (TPSA) is 78.7 Å². The number of nitrogens with zero attached hydrogens (tertiary/aromatic N) is 3. The molecule has 1 amide bonds. The fourth-order valence-electron chi connectivity index (χ4n) is 3.18. The minimum Gasteiger partial charge on any atom is -0.322 e. The van der Waals surface area contributed by atoms with Crippen LogP contribution in [-0.2, 0) is 6.54 Å². The fourth-order valence-corrected chi connectivity index (χ4v) is 3.18. The molecule has 0 radical (unpaired) electrons. The molecule has 27 heavy (non-hydrogen) atoms. The van der Waals surface area contributed by atoms with Crippen molar-refractivity contribution in [2.75, 3.05) is 38.0 Å². The Morgan fingerprint density at radius 3 is 2.37 bits per heavy atom. The van der Waals surface area contributed by atoms with Crippen LogP contribution in [0.1, 0.15) is 22.8 Å². The van der Waals surface area contributed by atoms with Crippen LogP contribution in [-0.4, -0.2) is 53.4 Å². The van der Waals surface area contributed by atoms with Gasteiger partial charge in [0.15, 0.2) is 0 Å². The van der Waals surface area contributed by atoms with Crippen LogP contribution in [0.5, 0.6) is 0 Å². The highest BCUT2D eigenvalue weighted by Crippen LogP contribution is 2.17. The molecule has 3 rings (SSSR count). The van der Waals surface area contributed by atoms with Crippen molar-refractivity contribution in [3.8, 4) is 0 Å². The summed E-state index contributed by atoms with van der Waals surface area (Å²) in [5.74, 6) is -0.359. The van der Waals surface area contributed by atoms with Gasteiger partial charge in [-0.2, -0.15) is 0 Å². The number of benzene rings is 2. The van der Waals surface area contributed by atoms with E-state index in [0.717, 1.165) is 39.3 Å². The van der Waals surface area contributed by atoms with Crippen molar-refractivity contribution in [1.29, 1.82) is 0 Å². The van der Waals surface area contributed by atoms with Crippen molar-refractivity contribution in [3.05, 3.63) is 69.8 Å². The smallest absolute Gasteiger partial charge is 0.270 e. The lowest BCUT2D eigenvalue weighted by atomic mass is 10.1. The van der Waals surface area contributed by atoms with E-state index >= 15 is 0 Å². The SMILES string of the molecule is CCN1CCN(Cc2ccc(NC(=O)c3cccc([N+](=O)[O-])c3)cc2)CC1. The van der Waals surface area contributed by atoms with E-state index in [-0.39, 0.29) is 17.2 Å². The number of carbonyl (C=O) groups excluding carboxylic acids is 1. The number of rotatable bonds is 6. The number of likely N-dealkylation sites (N-methyl/N-ethyl adjacent to an activating group) is 1. The van der Waals surface area contributed by atoms with Gasteiger partial charge in [-0.25, -0.2) is 0 Å². The third-order valence-electron chi connectivity index (χ3n) is 4.85. The van der Waals surface area contributed by atoms with E-state index < -0.39 is 4.92 Å². The highest BCUT2D eigenvalue weighted by molar-refractivity contribution is 6.04. The summed E-state index contributed by atoms with van der Waals surface area (Å²) in [4.78, 5) is 27.5. The summed E-state index contributed by atoms with van der Waals surface area (Å²) >= 11 is 0. The summed E-state index contributed by atoms with van der Waals surface area (Å²) in [6, 6.07) is 13.5. The summed E-state index contributed by atoms with van der Waals surface area (Å²) < 4.78 is 0. The largest absolute Gasteiger partial charge is 0.322 e. The first kappa shape index (κ1) is 19.0. The molecular weight excluding hydrogens is 344 g/mol. The van der Waals surface area contributed by atoms with Crippen LogP contribution in [0, 0.1) is 10.1 Å². The van der Waals surface area contributed by atoms with Crippen LogP contribution in [0.3, 0.4) is 0 Å². The number of piperazine rings is 1. The Hall–Kier alpha value is -2.77. The molecule has 1 aliphatic heterocycles. The van der Waals surface area contributed by atoms with Gasteiger partial charge in [0.05, 0.1) is 4.92 Å². The molecule has 142 valence electrons. The molecule has 0 atom stereocenters. The van der Waals surface area contributed by atoms with Crippen LogP contribution < -0.4 is 5.32 Å². The van der Waals surface area contributed by atoms with E-state index in [1.807, 2.05) is 24.3 Å². The third kappa shape index (κ3) is 5.12. The Morgan fingerprint density at radius 1 is 1.07 bits per heavy atom. The van der Waals surface area contributed by atoms with E-state index in [0.29, 0.717) is 5.69 Å². The van der Waals surface area contributed by atoms with Crippen molar-refractivity contribution in [2.45, 2.75) is 13.5 Å². The lowest BCUT2D eigenvalue weighted by molar-refractivity contribution is -0.384. The first-order chi connectivity index (χ1) is 13.0. The van der Waals surface area contributed by atoms with E-state index in [1.54, 1.807) is 6.07 Å². The molecule has 1 saturated heterocycles. The second kappa shape index (κ2) is 8.75. The van der Waals surface area contributed by atoms with E-state index in [2.05, 4.69) is 22.0 Å². The van der Waals surface area contributed by atoms with Crippen LogP contribution >= 0.6 is 0 Å². The Morgan fingerprint density at radius 2 is 1.74 bits per heavy atom. The zero-order valence-electron chi connectivity index (χ0n) is 15.4. The standard InChI is InChI=1S/C20H24N4O3/c1-2-22-10-12-23(13-11-22)15-16-6-8-18(9-7-16)21-20(25)17-4-3-5-19(14-17)24(26)27/h3-9,14H,2,10-13,15H2,1H3,(H,21,25). The minimum atomic E-state index is -0.508. The number of hydrogen-bond donors (Lipinski definition) is 1. The number of hydrogen-bond acceptors (Lipinski definition) is 5. The highest BCUT2D eigenvalue weighted by Gasteiger charge is 2.15. The molecule has 7 nitrogen and oxygen atoms in total. The van der Waals surface area contributed by atoms with Crippen LogP contribution in [0.2, 0.25) is 0 Å². The first-order valence-electron chi connectivity index (χ1n) is 9.14. The van der Waals surface area contributed by atoms with E-state index in [4.69, 9.17) is 0 Å². The molecule has 7 heteroatoms. The number of nitro groups is 1. The molecule has 0 bridgehead atoms. The molecule has 1 aliphatic rings. The Kier molecular flexibility index (Phi) is 6.16. The zero-order chi connectivity index (χ0) is 19.2. The predicted molar refractivity (Wildman–Crippen MR) is 105 cm³/mol. The van der Waals surface area contributed by atoms with Crippen molar-refractivity contribution in [1.82, 2.24) is 9.80 Å². The number of amides is 1. The second-order valence-corrected chi connectivity index (χ2v) is 6.67. The van der Waals surface area contributed by atoms with Crippen molar-refractivity contribution >= 4 is 17.3 Å². The molecule has 2 aromatic rings. The van der Waals surface area contributed by atoms with Gasteiger partial charge in [-0.3, -0.25) is 19.8 Å². The van der Waals surface area contributed by atoms with Gasteiger partial charge in [-0.05, 0) is 30.3 Å². The lowest BCUT2D eigenvalue weighted by Gasteiger charge is -2.34. The normalized spacial score (nSPS) is 15.4. The average Bonchev–Trinajstić information content (AvgIpc) is 2.70. The molecule has 0 unspecified atom stereocenters. The van der Waals surface area contributed by atoms with Crippen LogP contribution in [0.4, 0.5) is 11.4 Å². The van der Waals surface area contributed by atoms with Gasteiger partial charge in [0.1, 0.15) is 0 Å². The molecule has 0 aliphatic carbocycles. The molecule has 1 heterocycles. The zero-order valence-corrected chi connectivity index (χ0v) is 15.4. The maximum atomic E-state index is 12.3. The van der Waals surface area contributed by atoms with Gasteiger partial charge in [0, 0.05) is 56.1 Å². The van der Waals surface area contributed by atoms with E-state index in [9.17, 15) is 14.9 Å². The Labute approximate surface area is 158 Å². The number of anilines is 1. The third-order valence-corrected chi connectivity index (χ3v) is 4.85. The first-order valence-corrected chi connectivity index (χ1v) is 9.14. The molecule has 1 N–H and O–H groups in total. The Bertz CT molecular complexity index is 799. The molecule has 0 saturated carbocycles. The van der Waals surface area contributed by atoms with Gasteiger partial charge >= 0.3 is 0 Å². The quantitative estimate of drug-likeness (QED) is 0.626. The van der Waals surface area contributed by atoms with Crippen molar-refractivity contribution in [3.63, 3.8) is 0 Å². The summed E-state index contributed by atoms with van der Waals surface area (Å²) in [6.07, 6.45) is 0. The van der Waals surface area contributed by atoms with Gasteiger partial charge in [0.25, 0.3) is 11.6 Å². The maximum absolute atomic E-state index is 12.3. The van der Waals surface area contributed by atoms with Crippen LogP contribution in [0.25, 0.3) is 0 Å². The summed E-state index contributed by atoms with van der Waals surface area (Å²) in [7, 11) is 0. The van der Waals surface area contributed by atoms with Crippen LogP contribution in [0.15, 0.2) is 48.5 Å². The summed E-state index contributed by atoms with van der Waals surface area (Å²) in [6.45, 7) is 8.54. The molecule has 2 aromatic carbocycles. The van der Waals surface area contributed by atoms with Gasteiger partial charge in [-0.15, -0.1) is 0 Å². The summed E-state index contributed by atoms with van der Waals surface area (Å²) in [5, 5.41) is 13.6. The second-order valence-electron chi connectivity index (χ2n) is 6.67. The number of non-ortho nitro benzene ring substituents is 1. The van der Waals surface area contributed by atoms with Gasteiger partial charge in [0.2, 0.25) is 0 Å². The average molecular weight is 368 g/mol. The van der Waals surface area contributed by atoms with E-state index in [1.165, 1.54) is 23.8 Å². The number of carbonyl (C=O) groups is 1. The monoisotopic (exact) mass is 368 g/mol. The number of nitrogens with one attached hydrogen (secondary N) is 1. The molecular formula is C20H24N4O3. The highest BCUT2D eigenvalue weighted by atomic mass is 16.6. The predicted octanol–water partition coefficient (Wildman–Crippen LogP) is 2.98. The van der Waals surface area contributed by atoms with Gasteiger partial charge in [-0.1, -0.05) is 25.1 Å². The molecule has 0 aromatic heterocycles. The Balaban J connectivity index is 1.57.